The minimum atomic E-state index is -0.486. The first-order chi connectivity index (χ1) is 6.65. The zero-order valence-electron chi connectivity index (χ0n) is 7.91. The molecule has 1 aromatic heterocycles. The van der Waals surface area contributed by atoms with Crippen LogP contribution >= 0.6 is 0 Å². The lowest BCUT2D eigenvalue weighted by Gasteiger charge is -2.15. The van der Waals surface area contributed by atoms with Crippen molar-refractivity contribution in [3.8, 4) is 5.88 Å². The molecule has 0 spiro atoms. The van der Waals surface area contributed by atoms with Crippen molar-refractivity contribution in [1.29, 1.82) is 0 Å². The fraction of sp³-hybridized carbons (Fsp3) is 0.571. The van der Waals surface area contributed by atoms with Gasteiger partial charge in [-0.15, -0.1) is 0 Å². The Hall–Kier alpha value is -1.47. The molecule has 80 valence electrons. The van der Waals surface area contributed by atoms with Gasteiger partial charge in [0.2, 0.25) is 5.88 Å². The maximum absolute atomic E-state index is 10.8. The van der Waals surface area contributed by atoms with Gasteiger partial charge >= 0.3 is 5.69 Å². The molecule has 1 heterocycles. The van der Waals surface area contributed by atoms with Crippen molar-refractivity contribution < 1.29 is 9.84 Å². The summed E-state index contributed by atoms with van der Waals surface area (Å²) in [6.07, 6.45) is 0.708. The number of aromatic hydroxyl groups is 1. The summed E-state index contributed by atoms with van der Waals surface area (Å²) in [5.74, 6) is 5.51. The minimum absolute atomic E-state index is 0.186. The predicted octanol–water partition coefficient (Wildman–Crippen LogP) is -0.875. The molecule has 0 aliphatic rings. The number of aromatic nitrogens is 2. The molecule has 1 aromatic rings. The van der Waals surface area contributed by atoms with Crippen LogP contribution in [-0.2, 0) is 4.74 Å². The number of imidazole rings is 1. The Morgan fingerprint density at radius 1 is 1.57 bits per heavy atom. The first kappa shape index (κ1) is 10.6. The topological polar surface area (TPSA) is 107 Å². The normalized spacial score (nSPS) is 10.4. The van der Waals surface area contributed by atoms with Gasteiger partial charge in [0, 0.05) is 20.3 Å². The van der Waals surface area contributed by atoms with Gasteiger partial charge < -0.3 is 9.84 Å². The van der Waals surface area contributed by atoms with E-state index >= 15 is 0 Å². The molecule has 7 nitrogen and oxygen atoms in total. The van der Waals surface area contributed by atoms with Crippen LogP contribution in [0.5, 0.6) is 5.88 Å². The van der Waals surface area contributed by atoms with Crippen LogP contribution in [0, 0.1) is 0 Å². The van der Waals surface area contributed by atoms with Gasteiger partial charge in [-0.2, -0.15) is 0 Å². The van der Waals surface area contributed by atoms with Gasteiger partial charge in [0.1, 0.15) is 0 Å². The zero-order chi connectivity index (χ0) is 10.6. The number of hydrogen-bond donors (Lipinski definition) is 4. The Kier molecular flexibility index (Phi) is 3.55. The molecule has 7 heteroatoms. The molecule has 0 atom stereocenters. The highest BCUT2D eigenvalue weighted by Gasteiger charge is 2.10. The predicted molar refractivity (Wildman–Crippen MR) is 51.1 cm³/mol. The Morgan fingerprint density at radius 2 is 2.29 bits per heavy atom. The summed E-state index contributed by atoms with van der Waals surface area (Å²) in [7, 11) is 1.59. The van der Waals surface area contributed by atoms with Crippen molar-refractivity contribution in [2.75, 3.05) is 25.3 Å². The number of aromatic amines is 2. The van der Waals surface area contributed by atoms with Gasteiger partial charge in [-0.05, 0) is 6.42 Å². The number of hydrazine groups is 1. The maximum atomic E-state index is 10.8. The van der Waals surface area contributed by atoms with Crippen LogP contribution in [0.2, 0.25) is 0 Å². The maximum Gasteiger partial charge on any atom is 0.327 e. The van der Waals surface area contributed by atoms with E-state index in [0.717, 1.165) is 0 Å². The van der Waals surface area contributed by atoms with Crippen molar-refractivity contribution in [2.45, 2.75) is 6.42 Å². The standard InChI is InChI=1S/C7H14N4O3/c1-14-4-2-3-11(8)5-6(12)10-7(13)9-5/h12H,2-4,8H2,1H3,(H2,9,10,13). The van der Waals surface area contributed by atoms with Crippen molar-refractivity contribution in [2.24, 2.45) is 5.84 Å². The van der Waals surface area contributed by atoms with E-state index in [1.54, 1.807) is 7.11 Å². The summed E-state index contributed by atoms with van der Waals surface area (Å²) in [5.41, 5.74) is -0.486. The highest BCUT2D eigenvalue weighted by molar-refractivity contribution is 5.45. The largest absolute Gasteiger partial charge is 0.492 e. The van der Waals surface area contributed by atoms with Crippen molar-refractivity contribution in [3.63, 3.8) is 0 Å². The van der Waals surface area contributed by atoms with Crippen LogP contribution in [-0.4, -0.2) is 35.3 Å². The van der Waals surface area contributed by atoms with E-state index < -0.39 is 5.69 Å². The van der Waals surface area contributed by atoms with Crippen LogP contribution in [0.1, 0.15) is 6.42 Å². The molecule has 1 rings (SSSR count). The van der Waals surface area contributed by atoms with E-state index in [4.69, 9.17) is 10.6 Å². The SMILES string of the molecule is COCCCN(N)c1[nH]c(=O)[nH]c1O. The molecule has 0 unspecified atom stereocenters. The number of rotatable bonds is 5. The van der Waals surface area contributed by atoms with E-state index in [0.29, 0.717) is 19.6 Å². The number of methoxy groups -OCH3 is 1. The van der Waals surface area contributed by atoms with Gasteiger partial charge in [-0.25, -0.2) is 10.6 Å². The number of H-pyrrole nitrogens is 2. The molecule has 0 fully saturated rings. The molecule has 0 saturated heterocycles. The number of ether oxygens (including phenoxy) is 1. The number of hydrogen-bond acceptors (Lipinski definition) is 5. The molecule has 0 amide bonds. The number of nitrogens with one attached hydrogen (secondary N) is 2. The van der Waals surface area contributed by atoms with Gasteiger partial charge in [-0.1, -0.05) is 0 Å². The molecule has 0 bridgehead atoms. The van der Waals surface area contributed by atoms with Crippen LogP contribution in [0.4, 0.5) is 5.82 Å². The fourth-order valence-electron chi connectivity index (χ4n) is 1.06. The third kappa shape index (κ3) is 2.51. The van der Waals surface area contributed by atoms with Crippen LogP contribution < -0.4 is 16.5 Å². The molecule has 0 radical (unpaired) electrons. The van der Waals surface area contributed by atoms with Crippen LogP contribution in [0.25, 0.3) is 0 Å². The average molecular weight is 202 g/mol. The Morgan fingerprint density at radius 3 is 2.79 bits per heavy atom. The second-order valence-electron chi connectivity index (χ2n) is 2.82. The zero-order valence-corrected chi connectivity index (χ0v) is 7.91. The first-order valence-corrected chi connectivity index (χ1v) is 4.17. The van der Waals surface area contributed by atoms with Gasteiger partial charge in [0.15, 0.2) is 5.82 Å². The lowest BCUT2D eigenvalue weighted by atomic mass is 10.4. The highest BCUT2D eigenvalue weighted by atomic mass is 16.5. The average Bonchev–Trinajstić information content (AvgIpc) is 2.45. The van der Waals surface area contributed by atoms with Crippen LogP contribution in [0.3, 0.4) is 0 Å². The van der Waals surface area contributed by atoms with Gasteiger partial charge in [-0.3, -0.25) is 15.0 Å². The summed E-state index contributed by atoms with van der Waals surface area (Å²) in [4.78, 5) is 15.3. The first-order valence-electron chi connectivity index (χ1n) is 4.17. The molecular formula is C7H14N4O3. The van der Waals surface area contributed by atoms with Gasteiger partial charge in [0.25, 0.3) is 0 Å². The summed E-state index contributed by atoms with van der Waals surface area (Å²) < 4.78 is 4.84. The molecule has 5 N–H and O–H groups in total. The number of nitrogens with zero attached hydrogens (tertiary/aromatic N) is 1. The lowest BCUT2D eigenvalue weighted by molar-refractivity contribution is 0.196. The Bertz CT molecular complexity index is 332. The third-order valence-corrected chi connectivity index (χ3v) is 1.72. The van der Waals surface area contributed by atoms with Crippen molar-refractivity contribution >= 4 is 5.82 Å². The second-order valence-corrected chi connectivity index (χ2v) is 2.82. The number of anilines is 1. The lowest BCUT2D eigenvalue weighted by Crippen LogP contribution is -2.33. The third-order valence-electron chi connectivity index (χ3n) is 1.72. The fourth-order valence-corrected chi connectivity index (χ4v) is 1.06. The smallest absolute Gasteiger partial charge is 0.327 e. The van der Waals surface area contributed by atoms with E-state index in [9.17, 15) is 9.90 Å². The molecule has 0 aromatic carbocycles. The summed E-state index contributed by atoms with van der Waals surface area (Å²) in [5, 5.41) is 10.5. The highest BCUT2D eigenvalue weighted by Crippen LogP contribution is 2.16. The second kappa shape index (κ2) is 4.68. The number of nitrogens with two attached hydrogens (primary N) is 1. The molecule has 0 aliphatic heterocycles. The van der Waals surface area contributed by atoms with Gasteiger partial charge in [0.05, 0.1) is 0 Å². The monoisotopic (exact) mass is 202 g/mol. The van der Waals surface area contributed by atoms with Crippen molar-refractivity contribution in [1.82, 2.24) is 9.97 Å². The molecule has 0 aliphatic carbocycles. The summed E-state index contributed by atoms with van der Waals surface area (Å²) >= 11 is 0. The van der Waals surface area contributed by atoms with E-state index in [-0.39, 0.29) is 11.7 Å². The summed E-state index contributed by atoms with van der Waals surface area (Å²) in [6.45, 7) is 1.05. The van der Waals surface area contributed by atoms with Crippen LogP contribution in [0.15, 0.2) is 4.79 Å². The molecule has 14 heavy (non-hydrogen) atoms. The quantitative estimate of drug-likeness (QED) is 0.282. The molecular weight excluding hydrogens is 188 g/mol. The minimum Gasteiger partial charge on any atom is -0.492 e. The van der Waals surface area contributed by atoms with E-state index in [1.807, 2.05) is 0 Å². The summed E-state index contributed by atoms with van der Waals surface area (Å²) in [6, 6.07) is 0. The van der Waals surface area contributed by atoms with Crippen molar-refractivity contribution in [3.05, 3.63) is 10.5 Å². The Balaban J connectivity index is 2.55. The Labute approximate surface area is 80.5 Å². The van der Waals surface area contributed by atoms with E-state index in [1.165, 1.54) is 5.01 Å². The van der Waals surface area contributed by atoms with E-state index in [2.05, 4.69) is 9.97 Å². The molecule has 0 saturated carbocycles.